The van der Waals surface area contributed by atoms with E-state index in [1.807, 2.05) is 0 Å². The van der Waals surface area contributed by atoms with Gasteiger partial charge >= 0.3 is 0 Å². The molecule has 1 aromatic rings. The summed E-state index contributed by atoms with van der Waals surface area (Å²) in [5, 5.41) is 12.1. The van der Waals surface area contributed by atoms with Crippen molar-refractivity contribution in [3.8, 4) is 5.75 Å². The van der Waals surface area contributed by atoms with Crippen LogP contribution in [0.1, 0.15) is 36.0 Å². The normalized spacial score (nSPS) is 21.0. The van der Waals surface area contributed by atoms with Crippen LogP contribution in [0.4, 0.5) is 0 Å². The van der Waals surface area contributed by atoms with Gasteiger partial charge in [-0.15, -0.1) is 0 Å². The third kappa shape index (κ3) is 4.19. The van der Waals surface area contributed by atoms with Crippen LogP contribution in [0.2, 0.25) is 0 Å². The Hall–Kier alpha value is -2.15. The highest BCUT2D eigenvalue weighted by Gasteiger charge is 2.37. The van der Waals surface area contributed by atoms with Gasteiger partial charge in [0.15, 0.2) is 0 Å². The molecule has 0 bridgehead atoms. The maximum atomic E-state index is 12.6. The summed E-state index contributed by atoms with van der Waals surface area (Å²) >= 11 is 0. The first-order valence-electron chi connectivity index (χ1n) is 7.69. The molecule has 0 spiro atoms. The third-order valence-electron chi connectivity index (χ3n) is 4.32. The Kier molecular flexibility index (Phi) is 5.54. The van der Waals surface area contributed by atoms with Crippen molar-refractivity contribution < 1.29 is 19.4 Å². The van der Waals surface area contributed by atoms with E-state index in [2.05, 4.69) is 10.3 Å². The smallest absolute Gasteiger partial charge is 0.255 e. The summed E-state index contributed by atoms with van der Waals surface area (Å²) in [6.07, 6.45) is 5.26. The lowest BCUT2D eigenvalue weighted by atomic mass is 9.87. The van der Waals surface area contributed by atoms with Gasteiger partial charge in [0.25, 0.3) is 5.91 Å². The Bertz CT molecular complexity index is 578. The van der Waals surface area contributed by atoms with Crippen LogP contribution in [0.3, 0.4) is 0 Å². The van der Waals surface area contributed by atoms with Gasteiger partial charge in [-0.2, -0.15) is 0 Å². The van der Waals surface area contributed by atoms with E-state index in [0.29, 0.717) is 31.5 Å². The Morgan fingerprint density at radius 2 is 2.26 bits per heavy atom. The largest absolute Gasteiger partial charge is 0.506 e. The first kappa shape index (κ1) is 17.2. The summed E-state index contributed by atoms with van der Waals surface area (Å²) in [6.45, 7) is 1.05. The maximum Gasteiger partial charge on any atom is 0.255 e. The second kappa shape index (κ2) is 7.41. The van der Waals surface area contributed by atoms with Crippen LogP contribution >= 0.6 is 0 Å². The summed E-state index contributed by atoms with van der Waals surface area (Å²) in [5.41, 5.74) is -0.159. The van der Waals surface area contributed by atoms with Crippen LogP contribution in [-0.4, -0.2) is 59.7 Å². The summed E-state index contributed by atoms with van der Waals surface area (Å²) in [4.78, 5) is 29.6. The fourth-order valence-corrected chi connectivity index (χ4v) is 2.94. The van der Waals surface area contributed by atoms with E-state index in [4.69, 9.17) is 4.74 Å². The number of hydrogen-bond acceptors (Lipinski definition) is 5. The molecule has 1 atom stereocenters. The van der Waals surface area contributed by atoms with E-state index in [-0.39, 0.29) is 17.6 Å². The van der Waals surface area contributed by atoms with Gasteiger partial charge < -0.3 is 20.1 Å². The van der Waals surface area contributed by atoms with Crippen LogP contribution < -0.4 is 5.32 Å². The predicted molar refractivity (Wildman–Crippen MR) is 84.1 cm³/mol. The number of nitrogens with one attached hydrogen (secondary N) is 1. The second-order valence-electron chi connectivity index (χ2n) is 5.82. The molecule has 7 heteroatoms. The number of aromatic nitrogens is 1. The fourth-order valence-electron chi connectivity index (χ4n) is 2.94. The zero-order chi connectivity index (χ0) is 16.9. The van der Waals surface area contributed by atoms with Gasteiger partial charge in [-0.25, -0.2) is 0 Å². The fraction of sp³-hybridized carbons (Fsp3) is 0.562. The minimum absolute atomic E-state index is 0.0366. The van der Waals surface area contributed by atoms with Gasteiger partial charge in [0.05, 0.1) is 17.4 Å². The molecular weight excluding hydrogens is 298 g/mol. The molecule has 0 aromatic carbocycles. The molecule has 2 N–H and O–H groups in total. The van der Waals surface area contributed by atoms with Crippen molar-refractivity contribution in [2.75, 3.05) is 27.2 Å². The third-order valence-corrected chi connectivity index (χ3v) is 4.32. The molecule has 1 fully saturated rings. The number of aromatic hydroxyl groups is 1. The number of rotatable bonds is 5. The van der Waals surface area contributed by atoms with Crippen molar-refractivity contribution in [3.05, 3.63) is 24.0 Å². The number of amides is 2. The number of nitrogens with zero attached hydrogens (tertiary/aromatic N) is 2. The molecular formula is C16H23N3O4. The molecule has 23 heavy (non-hydrogen) atoms. The lowest BCUT2D eigenvalue weighted by Crippen LogP contribution is -2.51. The van der Waals surface area contributed by atoms with Gasteiger partial charge in [0.1, 0.15) is 5.75 Å². The van der Waals surface area contributed by atoms with Crippen LogP contribution in [0.15, 0.2) is 18.5 Å². The topological polar surface area (TPSA) is 91.8 Å². The minimum Gasteiger partial charge on any atom is -0.506 e. The maximum absolute atomic E-state index is 12.6. The monoisotopic (exact) mass is 321 g/mol. The van der Waals surface area contributed by atoms with Gasteiger partial charge in [-0.1, -0.05) is 0 Å². The first-order valence-corrected chi connectivity index (χ1v) is 7.69. The molecule has 7 nitrogen and oxygen atoms in total. The molecule has 1 saturated heterocycles. The Morgan fingerprint density at radius 3 is 2.91 bits per heavy atom. The van der Waals surface area contributed by atoms with E-state index in [1.54, 1.807) is 19.1 Å². The highest BCUT2D eigenvalue weighted by molar-refractivity contribution is 5.94. The molecule has 0 radical (unpaired) electrons. The van der Waals surface area contributed by atoms with Crippen LogP contribution in [-0.2, 0) is 9.53 Å². The molecule has 1 aliphatic rings. The molecule has 0 saturated carbocycles. The van der Waals surface area contributed by atoms with Gasteiger partial charge in [0, 0.05) is 39.9 Å². The molecule has 0 aliphatic carbocycles. The van der Waals surface area contributed by atoms with Crippen molar-refractivity contribution in [2.24, 2.45) is 0 Å². The number of carbonyl (C=O) groups excluding carboxylic acids is 2. The molecule has 1 aromatic heterocycles. The van der Waals surface area contributed by atoms with Crippen molar-refractivity contribution in [1.82, 2.24) is 15.2 Å². The summed E-state index contributed by atoms with van der Waals surface area (Å²) in [6, 6.07) is 1.41. The Morgan fingerprint density at radius 1 is 1.48 bits per heavy atom. The van der Waals surface area contributed by atoms with Crippen molar-refractivity contribution in [2.45, 2.75) is 31.3 Å². The van der Waals surface area contributed by atoms with Crippen molar-refractivity contribution in [3.63, 3.8) is 0 Å². The molecule has 0 unspecified atom stereocenters. The molecule has 2 rings (SSSR count). The van der Waals surface area contributed by atoms with E-state index < -0.39 is 5.60 Å². The van der Waals surface area contributed by atoms with Crippen LogP contribution in [0, 0.1) is 0 Å². The van der Waals surface area contributed by atoms with E-state index in [9.17, 15) is 14.7 Å². The van der Waals surface area contributed by atoms with Crippen molar-refractivity contribution >= 4 is 11.8 Å². The summed E-state index contributed by atoms with van der Waals surface area (Å²) in [5.74, 6) is -0.262. The number of ether oxygens (including phenoxy) is 1. The van der Waals surface area contributed by atoms with Gasteiger partial charge in [-0.05, 0) is 25.3 Å². The lowest BCUT2D eigenvalue weighted by Gasteiger charge is -2.42. The number of carbonyl (C=O) groups is 2. The lowest BCUT2D eigenvalue weighted by molar-refractivity contribution is -0.123. The highest BCUT2D eigenvalue weighted by Crippen LogP contribution is 2.30. The average Bonchev–Trinajstić information content (AvgIpc) is 2.59. The molecule has 1 aliphatic heterocycles. The van der Waals surface area contributed by atoms with E-state index in [0.717, 1.165) is 12.8 Å². The second-order valence-corrected chi connectivity index (χ2v) is 5.82. The highest BCUT2D eigenvalue weighted by atomic mass is 16.5. The Labute approximate surface area is 135 Å². The standard InChI is InChI=1S/C16H23N3O4/c1-17-14(21)4-6-16(23-2)5-3-7-19(11-16)15(22)12-8-13(20)10-18-9-12/h8-10,20H,3-7,11H2,1-2H3,(H,17,21)/t16-/m0/s1. The molecule has 2 heterocycles. The quantitative estimate of drug-likeness (QED) is 0.842. The SMILES string of the molecule is CNC(=O)CC[C@@]1(OC)CCCN(C(=O)c2cncc(O)c2)C1. The zero-order valence-corrected chi connectivity index (χ0v) is 13.5. The molecule has 2 amide bonds. The average molecular weight is 321 g/mol. The van der Waals surface area contributed by atoms with E-state index >= 15 is 0 Å². The summed E-state index contributed by atoms with van der Waals surface area (Å²) in [7, 11) is 3.22. The van der Waals surface area contributed by atoms with Gasteiger partial charge in [0.2, 0.25) is 5.91 Å². The van der Waals surface area contributed by atoms with Crippen LogP contribution in [0.25, 0.3) is 0 Å². The summed E-state index contributed by atoms with van der Waals surface area (Å²) < 4.78 is 5.67. The number of pyridine rings is 1. The molecule has 126 valence electrons. The predicted octanol–water partition coefficient (Wildman–Crippen LogP) is 0.935. The number of likely N-dealkylation sites (tertiary alicyclic amines) is 1. The van der Waals surface area contributed by atoms with Gasteiger partial charge in [-0.3, -0.25) is 14.6 Å². The number of piperidine rings is 1. The zero-order valence-electron chi connectivity index (χ0n) is 13.5. The van der Waals surface area contributed by atoms with Crippen molar-refractivity contribution in [1.29, 1.82) is 0 Å². The minimum atomic E-state index is -0.509. The first-order chi connectivity index (χ1) is 11.0. The van der Waals surface area contributed by atoms with Crippen LogP contribution in [0.5, 0.6) is 5.75 Å². The van der Waals surface area contributed by atoms with E-state index in [1.165, 1.54) is 18.5 Å². The number of hydrogen-bond donors (Lipinski definition) is 2. The number of methoxy groups -OCH3 is 1. The Balaban J connectivity index is 2.09.